The molecule has 1 aromatic rings. The molecule has 1 aliphatic rings. The van der Waals surface area contributed by atoms with Gasteiger partial charge in [-0.1, -0.05) is 0 Å². The number of amides is 1. The SMILES string of the molecule is CCOC(=O)Cc1csc(NCCC(=O)NC2CC2)n1. The van der Waals surface area contributed by atoms with Crippen molar-refractivity contribution < 1.29 is 14.3 Å². The van der Waals surface area contributed by atoms with Crippen molar-refractivity contribution in [1.29, 1.82) is 0 Å². The third-order valence-corrected chi connectivity index (χ3v) is 3.60. The molecule has 1 fully saturated rings. The van der Waals surface area contributed by atoms with E-state index >= 15 is 0 Å². The van der Waals surface area contributed by atoms with Crippen LogP contribution in [0.4, 0.5) is 5.13 Å². The molecule has 0 atom stereocenters. The number of carbonyl (C=O) groups excluding carboxylic acids is 2. The number of hydrogen-bond donors (Lipinski definition) is 2. The standard InChI is InChI=1S/C13H19N3O3S/c1-2-19-12(18)7-10-8-20-13(16-10)14-6-5-11(17)15-9-3-4-9/h8-9H,2-7H2,1H3,(H,14,16)(H,15,17). The Kier molecular flexibility index (Phi) is 5.34. The maximum atomic E-state index is 11.5. The van der Waals surface area contributed by atoms with Gasteiger partial charge in [-0.15, -0.1) is 11.3 Å². The predicted octanol–water partition coefficient (Wildman–Crippen LogP) is 1.33. The molecule has 20 heavy (non-hydrogen) atoms. The van der Waals surface area contributed by atoms with E-state index in [-0.39, 0.29) is 18.3 Å². The van der Waals surface area contributed by atoms with Crippen molar-refractivity contribution in [3.63, 3.8) is 0 Å². The summed E-state index contributed by atoms with van der Waals surface area (Å²) in [5.74, 6) is -0.198. The van der Waals surface area contributed by atoms with Crippen LogP contribution in [0.3, 0.4) is 0 Å². The molecular weight excluding hydrogens is 278 g/mol. The number of hydrogen-bond acceptors (Lipinski definition) is 6. The highest BCUT2D eigenvalue weighted by Crippen LogP contribution is 2.19. The largest absolute Gasteiger partial charge is 0.466 e. The minimum Gasteiger partial charge on any atom is -0.466 e. The molecule has 0 unspecified atom stereocenters. The van der Waals surface area contributed by atoms with Gasteiger partial charge < -0.3 is 15.4 Å². The zero-order valence-electron chi connectivity index (χ0n) is 11.5. The van der Waals surface area contributed by atoms with Crippen LogP contribution in [-0.2, 0) is 20.7 Å². The lowest BCUT2D eigenvalue weighted by atomic mass is 10.3. The number of rotatable bonds is 8. The Balaban J connectivity index is 1.66. The monoisotopic (exact) mass is 297 g/mol. The van der Waals surface area contributed by atoms with Crippen LogP contribution in [-0.4, -0.2) is 36.1 Å². The molecule has 7 heteroatoms. The van der Waals surface area contributed by atoms with Gasteiger partial charge in [-0.2, -0.15) is 0 Å². The van der Waals surface area contributed by atoms with Gasteiger partial charge in [0.25, 0.3) is 0 Å². The number of anilines is 1. The van der Waals surface area contributed by atoms with E-state index in [1.54, 1.807) is 6.92 Å². The van der Waals surface area contributed by atoms with Gasteiger partial charge in [0.1, 0.15) is 0 Å². The van der Waals surface area contributed by atoms with Gasteiger partial charge in [-0.05, 0) is 19.8 Å². The van der Waals surface area contributed by atoms with Crippen molar-refractivity contribution in [2.24, 2.45) is 0 Å². The lowest BCUT2D eigenvalue weighted by molar-refractivity contribution is -0.142. The summed E-state index contributed by atoms with van der Waals surface area (Å²) in [6, 6.07) is 0.401. The Morgan fingerprint density at radius 2 is 2.30 bits per heavy atom. The average molecular weight is 297 g/mol. The highest BCUT2D eigenvalue weighted by molar-refractivity contribution is 7.13. The van der Waals surface area contributed by atoms with Crippen molar-refractivity contribution in [3.8, 4) is 0 Å². The second-order valence-corrected chi connectivity index (χ2v) is 5.50. The Bertz CT molecular complexity index is 471. The molecule has 1 saturated carbocycles. The number of nitrogens with one attached hydrogen (secondary N) is 2. The molecule has 110 valence electrons. The normalized spacial score (nSPS) is 13.8. The summed E-state index contributed by atoms with van der Waals surface area (Å²) in [6.45, 7) is 2.70. The van der Waals surface area contributed by atoms with Gasteiger partial charge in [0, 0.05) is 24.4 Å². The second kappa shape index (κ2) is 7.23. The molecule has 2 N–H and O–H groups in total. The van der Waals surface area contributed by atoms with Crippen molar-refractivity contribution in [2.75, 3.05) is 18.5 Å². The van der Waals surface area contributed by atoms with E-state index < -0.39 is 0 Å². The summed E-state index contributed by atoms with van der Waals surface area (Å²) in [6.07, 6.45) is 2.82. The first-order chi connectivity index (χ1) is 9.67. The molecule has 0 spiro atoms. The van der Waals surface area contributed by atoms with Gasteiger partial charge in [-0.3, -0.25) is 9.59 Å². The quantitative estimate of drug-likeness (QED) is 0.708. The van der Waals surface area contributed by atoms with Crippen LogP contribution in [0.5, 0.6) is 0 Å². The van der Waals surface area contributed by atoms with Crippen molar-refractivity contribution in [3.05, 3.63) is 11.1 Å². The summed E-state index contributed by atoms with van der Waals surface area (Å²) < 4.78 is 4.86. The number of esters is 1. The predicted molar refractivity (Wildman–Crippen MR) is 76.7 cm³/mol. The molecule has 6 nitrogen and oxygen atoms in total. The summed E-state index contributed by atoms with van der Waals surface area (Å²) in [5, 5.41) is 8.57. The van der Waals surface area contributed by atoms with E-state index in [4.69, 9.17) is 4.74 Å². The fourth-order valence-corrected chi connectivity index (χ4v) is 2.38. The van der Waals surface area contributed by atoms with E-state index in [2.05, 4.69) is 15.6 Å². The first kappa shape index (κ1) is 14.8. The number of nitrogens with zero attached hydrogens (tertiary/aromatic N) is 1. The van der Waals surface area contributed by atoms with Crippen molar-refractivity contribution in [1.82, 2.24) is 10.3 Å². The summed E-state index contributed by atoms with van der Waals surface area (Å²) in [4.78, 5) is 27.1. The van der Waals surface area contributed by atoms with Crippen LogP contribution in [0, 0.1) is 0 Å². The summed E-state index contributed by atoms with van der Waals surface area (Å²) >= 11 is 1.43. The van der Waals surface area contributed by atoms with Gasteiger partial charge in [0.2, 0.25) is 5.91 Å². The molecule has 0 saturated heterocycles. The third kappa shape index (κ3) is 5.16. The second-order valence-electron chi connectivity index (χ2n) is 4.64. The van der Waals surface area contributed by atoms with Gasteiger partial charge in [0.15, 0.2) is 5.13 Å². The lowest BCUT2D eigenvalue weighted by Gasteiger charge is -2.03. The number of aromatic nitrogens is 1. The first-order valence-corrected chi connectivity index (χ1v) is 7.68. The maximum absolute atomic E-state index is 11.5. The number of carbonyl (C=O) groups is 2. The van der Waals surface area contributed by atoms with Crippen LogP contribution < -0.4 is 10.6 Å². The van der Waals surface area contributed by atoms with Gasteiger partial charge in [-0.25, -0.2) is 4.98 Å². The smallest absolute Gasteiger partial charge is 0.311 e. The topological polar surface area (TPSA) is 80.3 Å². The third-order valence-electron chi connectivity index (χ3n) is 2.75. The Hall–Kier alpha value is -1.63. The fraction of sp³-hybridized carbons (Fsp3) is 0.615. The van der Waals surface area contributed by atoms with E-state index in [0.717, 1.165) is 18.0 Å². The first-order valence-electron chi connectivity index (χ1n) is 6.80. The number of thiazole rings is 1. The van der Waals surface area contributed by atoms with E-state index in [1.165, 1.54) is 11.3 Å². The van der Waals surface area contributed by atoms with Gasteiger partial charge in [0.05, 0.1) is 18.7 Å². The molecule has 0 aromatic carbocycles. The Morgan fingerprint density at radius 1 is 1.50 bits per heavy atom. The highest BCUT2D eigenvalue weighted by Gasteiger charge is 2.22. The molecule has 2 rings (SSSR count). The molecule has 1 heterocycles. The molecular formula is C13H19N3O3S. The van der Waals surface area contributed by atoms with E-state index in [0.29, 0.717) is 31.3 Å². The summed E-state index contributed by atoms with van der Waals surface area (Å²) in [5.41, 5.74) is 0.693. The summed E-state index contributed by atoms with van der Waals surface area (Å²) in [7, 11) is 0. The van der Waals surface area contributed by atoms with E-state index in [1.807, 2.05) is 5.38 Å². The average Bonchev–Trinajstić information content (AvgIpc) is 3.09. The molecule has 1 aromatic heterocycles. The van der Waals surface area contributed by atoms with Crippen LogP contribution >= 0.6 is 11.3 Å². The van der Waals surface area contributed by atoms with E-state index in [9.17, 15) is 9.59 Å². The number of ether oxygens (including phenoxy) is 1. The molecule has 0 bridgehead atoms. The zero-order chi connectivity index (χ0) is 14.4. The maximum Gasteiger partial charge on any atom is 0.311 e. The van der Waals surface area contributed by atoms with Crippen molar-refractivity contribution in [2.45, 2.75) is 38.6 Å². The zero-order valence-corrected chi connectivity index (χ0v) is 12.3. The molecule has 1 amide bonds. The minimum atomic E-state index is -0.270. The fourth-order valence-electron chi connectivity index (χ4n) is 1.64. The lowest BCUT2D eigenvalue weighted by Crippen LogP contribution is -2.27. The van der Waals surface area contributed by atoms with Crippen LogP contribution in [0.15, 0.2) is 5.38 Å². The molecule has 0 radical (unpaired) electrons. The Morgan fingerprint density at radius 3 is 3.00 bits per heavy atom. The molecule has 1 aliphatic carbocycles. The van der Waals surface area contributed by atoms with Crippen LogP contribution in [0.25, 0.3) is 0 Å². The van der Waals surface area contributed by atoms with Crippen LogP contribution in [0.2, 0.25) is 0 Å². The highest BCUT2D eigenvalue weighted by atomic mass is 32.1. The minimum absolute atomic E-state index is 0.0725. The molecule has 0 aliphatic heterocycles. The van der Waals surface area contributed by atoms with Crippen LogP contribution in [0.1, 0.15) is 31.9 Å². The van der Waals surface area contributed by atoms with Crippen molar-refractivity contribution >= 4 is 28.3 Å². The Labute approximate surface area is 121 Å². The van der Waals surface area contributed by atoms with Gasteiger partial charge >= 0.3 is 5.97 Å².